The lowest BCUT2D eigenvalue weighted by molar-refractivity contribution is 0.0734. The highest BCUT2D eigenvalue weighted by atomic mass is 79.9. The van der Waals surface area contributed by atoms with E-state index in [4.69, 9.17) is 29.4 Å². The Balaban J connectivity index is 1.75. The molecule has 2 N–H and O–H groups in total. The van der Waals surface area contributed by atoms with E-state index in [-0.39, 0.29) is 17.2 Å². The van der Waals surface area contributed by atoms with E-state index in [1.165, 1.54) is 21.3 Å². The maximum absolute atomic E-state index is 12.5. The lowest BCUT2D eigenvalue weighted by Crippen LogP contribution is -2.21. The summed E-state index contributed by atoms with van der Waals surface area (Å²) in [5, 5.41) is 9.86. The summed E-state index contributed by atoms with van der Waals surface area (Å²) in [6.07, 6.45) is 0. The van der Waals surface area contributed by atoms with Crippen molar-refractivity contribution in [2.75, 3.05) is 21.3 Å². The average Bonchev–Trinajstić information content (AvgIpc) is 2.87. The van der Waals surface area contributed by atoms with Crippen LogP contribution in [0.2, 0.25) is 0 Å². The number of carbonyl (C=O) groups excluding carboxylic acids is 1. The number of hydrogen-bond donors (Lipinski definition) is 1. The second-order valence-electron chi connectivity index (χ2n) is 7.48. The third-order valence-corrected chi connectivity index (χ3v) is 6.03. The number of fused-ring (bicyclic) bond motifs is 1. The predicted octanol–water partition coefficient (Wildman–Crippen LogP) is 4.91. The summed E-state index contributed by atoms with van der Waals surface area (Å²) in [6.45, 7) is 0. The summed E-state index contributed by atoms with van der Waals surface area (Å²) in [7, 11) is 4.54. The molecule has 1 unspecified atom stereocenters. The van der Waals surface area contributed by atoms with Crippen LogP contribution in [0.3, 0.4) is 0 Å². The zero-order valence-corrected chi connectivity index (χ0v) is 20.7. The number of nitriles is 1. The number of halogens is 1. The van der Waals surface area contributed by atoms with E-state index >= 15 is 0 Å². The van der Waals surface area contributed by atoms with Crippen molar-refractivity contribution in [2.45, 2.75) is 5.92 Å². The molecule has 0 radical (unpaired) electrons. The summed E-state index contributed by atoms with van der Waals surface area (Å²) < 4.78 is 28.5. The first kappa shape index (κ1) is 24.0. The van der Waals surface area contributed by atoms with Gasteiger partial charge in [-0.05, 0) is 48.0 Å². The minimum Gasteiger partial charge on any atom is -0.493 e. The average molecular weight is 537 g/mol. The minimum absolute atomic E-state index is 0.0462. The molecule has 9 heteroatoms. The molecule has 178 valence electrons. The van der Waals surface area contributed by atoms with Gasteiger partial charge in [0, 0.05) is 16.1 Å². The number of allylic oxidation sites excluding steroid dienone is 1. The van der Waals surface area contributed by atoms with Crippen molar-refractivity contribution >= 4 is 21.9 Å². The fourth-order valence-corrected chi connectivity index (χ4v) is 4.13. The summed E-state index contributed by atoms with van der Waals surface area (Å²) >= 11 is 3.34. The summed E-state index contributed by atoms with van der Waals surface area (Å²) in [6, 6.07) is 17.4. The maximum atomic E-state index is 12.5. The SMILES string of the molecule is COc1cc(C2C(C#N)=C(N)Oc3cc(OC(=O)c4ccc(Br)cc4)ccc32)cc(OC)c1OC. The van der Waals surface area contributed by atoms with Gasteiger partial charge in [-0.3, -0.25) is 0 Å². The van der Waals surface area contributed by atoms with E-state index in [0.717, 1.165) is 4.47 Å². The van der Waals surface area contributed by atoms with E-state index < -0.39 is 11.9 Å². The number of methoxy groups -OCH3 is 3. The number of esters is 1. The molecule has 35 heavy (non-hydrogen) atoms. The van der Waals surface area contributed by atoms with Crippen LogP contribution < -0.4 is 29.4 Å². The molecular formula is C26H21BrN2O6. The number of nitrogens with two attached hydrogens (primary N) is 1. The third kappa shape index (κ3) is 4.61. The van der Waals surface area contributed by atoms with Crippen LogP contribution >= 0.6 is 15.9 Å². The molecule has 4 rings (SSSR count). The molecule has 1 heterocycles. The molecule has 0 saturated heterocycles. The van der Waals surface area contributed by atoms with Crippen molar-refractivity contribution in [1.29, 1.82) is 5.26 Å². The first-order chi connectivity index (χ1) is 16.9. The van der Waals surface area contributed by atoms with Crippen LogP contribution in [0.1, 0.15) is 27.4 Å². The molecule has 3 aromatic carbocycles. The van der Waals surface area contributed by atoms with Gasteiger partial charge < -0.3 is 29.4 Å². The van der Waals surface area contributed by atoms with Crippen LogP contribution in [0.4, 0.5) is 0 Å². The van der Waals surface area contributed by atoms with Crippen molar-refractivity contribution < 1.29 is 28.5 Å². The highest BCUT2D eigenvalue weighted by Crippen LogP contribution is 2.47. The molecule has 0 amide bonds. The lowest BCUT2D eigenvalue weighted by atomic mass is 9.83. The minimum atomic E-state index is -0.575. The number of rotatable bonds is 6. The van der Waals surface area contributed by atoms with Crippen LogP contribution in [0, 0.1) is 11.3 Å². The summed E-state index contributed by atoms with van der Waals surface area (Å²) in [4.78, 5) is 12.5. The second kappa shape index (κ2) is 9.99. The highest BCUT2D eigenvalue weighted by molar-refractivity contribution is 9.10. The van der Waals surface area contributed by atoms with E-state index in [0.29, 0.717) is 39.7 Å². The molecule has 0 bridgehead atoms. The Hall–Kier alpha value is -4.16. The predicted molar refractivity (Wildman–Crippen MR) is 131 cm³/mol. The fourth-order valence-electron chi connectivity index (χ4n) is 3.86. The smallest absolute Gasteiger partial charge is 0.343 e. The molecule has 0 aromatic heterocycles. The number of benzene rings is 3. The van der Waals surface area contributed by atoms with E-state index in [9.17, 15) is 10.1 Å². The molecule has 0 fully saturated rings. The zero-order chi connectivity index (χ0) is 25.1. The maximum Gasteiger partial charge on any atom is 0.343 e. The van der Waals surface area contributed by atoms with Gasteiger partial charge in [-0.25, -0.2) is 4.79 Å². The molecule has 0 saturated carbocycles. The Labute approximate surface area is 210 Å². The molecule has 3 aromatic rings. The molecule has 1 aliphatic heterocycles. The van der Waals surface area contributed by atoms with Crippen LogP contribution in [-0.4, -0.2) is 27.3 Å². The Morgan fingerprint density at radius 3 is 2.23 bits per heavy atom. The van der Waals surface area contributed by atoms with E-state index in [1.807, 2.05) is 0 Å². The Morgan fingerprint density at radius 2 is 1.66 bits per heavy atom. The Morgan fingerprint density at radius 1 is 1.00 bits per heavy atom. The molecular weight excluding hydrogens is 516 g/mol. The van der Waals surface area contributed by atoms with Crippen molar-refractivity contribution in [1.82, 2.24) is 0 Å². The third-order valence-electron chi connectivity index (χ3n) is 5.50. The second-order valence-corrected chi connectivity index (χ2v) is 8.40. The quantitative estimate of drug-likeness (QED) is 0.349. The molecule has 0 aliphatic carbocycles. The van der Waals surface area contributed by atoms with Gasteiger partial charge in [0.25, 0.3) is 0 Å². The van der Waals surface area contributed by atoms with Crippen LogP contribution in [-0.2, 0) is 0 Å². The first-order valence-electron chi connectivity index (χ1n) is 10.4. The normalized spacial score (nSPS) is 14.3. The van der Waals surface area contributed by atoms with E-state index in [2.05, 4.69) is 22.0 Å². The van der Waals surface area contributed by atoms with Gasteiger partial charge in [0.1, 0.15) is 23.1 Å². The number of ether oxygens (including phenoxy) is 5. The molecule has 0 spiro atoms. The zero-order valence-electron chi connectivity index (χ0n) is 19.1. The van der Waals surface area contributed by atoms with Crippen molar-refractivity contribution in [3.8, 4) is 34.8 Å². The van der Waals surface area contributed by atoms with Gasteiger partial charge in [-0.2, -0.15) is 5.26 Å². The van der Waals surface area contributed by atoms with Crippen LogP contribution in [0.15, 0.2) is 70.5 Å². The van der Waals surface area contributed by atoms with Gasteiger partial charge in [-0.15, -0.1) is 0 Å². The fraction of sp³-hybridized carbons (Fsp3) is 0.154. The highest BCUT2D eigenvalue weighted by Gasteiger charge is 2.32. The van der Waals surface area contributed by atoms with Crippen molar-refractivity contribution in [3.63, 3.8) is 0 Å². The lowest BCUT2D eigenvalue weighted by Gasteiger charge is -2.27. The van der Waals surface area contributed by atoms with Gasteiger partial charge >= 0.3 is 5.97 Å². The monoisotopic (exact) mass is 536 g/mol. The standard InChI is InChI=1S/C26H21BrN2O6/c1-31-21-10-15(11-22(32-2)24(21)33-3)23-18-9-8-17(12-20(18)35-25(29)19(23)13-28)34-26(30)14-4-6-16(27)7-5-14/h4-12,23H,29H2,1-3H3. The van der Waals surface area contributed by atoms with Gasteiger partial charge in [0.05, 0.1) is 32.8 Å². The largest absolute Gasteiger partial charge is 0.493 e. The summed E-state index contributed by atoms with van der Waals surface area (Å²) in [5.41, 5.74) is 8.09. The molecule has 1 atom stereocenters. The van der Waals surface area contributed by atoms with Gasteiger partial charge in [-0.1, -0.05) is 22.0 Å². The Kier molecular flexibility index (Phi) is 6.85. The topological polar surface area (TPSA) is 113 Å². The van der Waals surface area contributed by atoms with Crippen molar-refractivity contribution in [2.24, 2.45) is 5.73 Å². The van der Waals surface area contributed by atoms with E-state index in [1.54, 1.807) is 54.6 Å². The summed E-state index contributed by atoms with van der Waals surface area (Å²) in [5.74, 6) is 0.794. The number of nitrogens with zero attached hydrogens (tertiary/aromatic N) is 1. The molecule has 1 aliphatic rings. The number of carbonyl (C=O) groups is 1. The van der Waals surface area contributed by atoms with Crippen LogP contribution in [0.25, 0.3) is 0 Å². The van der Waals surface area contributed by atoms with Crippen LogP contribution in [0.5, 0.6) is 28.7 Å². The number of hydrogen-bond acceptors (Lipinski definition) is 8. The van der Waals surface area contributed by atoms with Gasteiger partial charge in [0.2, 0.25) is 11.6 Å². The first-order valence-corrected chi connectivity index (χ1v) is 11.2. The Bertz CT molecular complexity index is 1340. The van der Waals surface area contributed by atoms with Gasteiger partial charge in [0.15, 0.2) is 11.5 Å². The molecule has 8 nitrogen and oxygen atoms in total. The van der Waals surface area contributed by atoms with Crippen molar-refractivity contribution in [3.05, 3.63) is 87.2 Å².